The number of hydrogen-bond acceptors (Lipinski definition) is 3. The molecule has 5 heteroatoms. The smallest absolute Gasteiger partial charge is 0.201 e. The second kappa shape index (κ2) is 4.31. The predicted octanol–water partition coefficient (Wildman–Crippen LogP) is 2.81. The molecule has 0 saturated heterocycles. The van der Waals surface area contributed by atoms with Gasteiger partial charge in [0, 0.05) is 11.6 Å². The van der Waals surface area contributed by atoms with Crippen molar-refractivity contribution >= 4 is 32.9 Å². The van der Waals surface area contributed by atoms with Gasteiger partial charge in [-0.2, -0.15) is 0 Å². The fourth-order valence-corrected chi connectivity index (χ4v) is 2.07. The molecule has 0 atom stereocenters. The fourth-order valence-electron chi connectivity index (χ4n) is 1.73. The molecule has 0 bridgehead atoms. The lowest BCUT2D eigenvalue weighted by Gasteiger charge is -2.24. The van der Waals surface area contributed by atoms with E-state index in [4.69, 9.17) is 10.5 Å². The van der Waals surface area contributed by atoms with Gasteiger partial charge in [-0.1, -0.05) is 15.9 Å². The molecule has 2 N–H and O–H groups in total. The summed E-state index contributed by atoms with van der Waals surface area (Å²) >= 11 is 3.46. The molecule has 92 valence electrons. The summed E-state index contributed by atoms with van der Waals surface area (Å²) in [5, 5.41) is 0. The summed E-state index contributed by atoms with van der Waals surface area (Å²) in [5.41, 5.74) is 7.59. The van der Waals surface area contributed by atoms with Crippen molar-refractivity contribution in [3.63, 3.8) is 0 Å². The largest absolute Gasteiger partial charge is 0.377 e. The number of halogens is 1. The highest BCUT2D eigenvalue weighted by Crippen LogP contribution is 2.24. The van der Waals surface area contributed by atoms with Gasteiger partial charge in [-0.3, -0.25) is 0 Å². The zero-order valence-electron chi connectivity index (χ0n) is 10.2. The number of nitrogens with two attached hydrogens (primary N) is 1. The van der Waals surface area contributed by atoms with E-state index in [1.54, 1.807) is 7.11 Å². The summed E-state index contributed by atoms with van der Waals surface area (Å²) in [6, 6.07) is 5.93. The van der Waals surface area contributed by atoms with Gasteiger partial charge in [0.1, 0.15) is 0 Å². The molecule has 4 nitrogen and oxygen atoms in total. The fraction of sp³-hybridized carbons (Fsp3) is 0.417. The Labute approximate surface area is 109 Å². The van der Waals surface area contributed by atoms with Gasteiger partial charge in [-0.15, -0.1) is 0 Å². The van der Waals surface area contributed by atoms with Crippen molar-refractivity contribution in [2.75, 3.05) is 12.8 Å². The van der Waals surface area contributed by atoms with E-state index in [1.807, 2.05) is 36.6 Å². The van der Waals surface area contributed by atoms with Crippen LogP contribution in [0.4, 0.5) is 5.95 Å². The number of imidazole rings is 1. The molecule has 1 aromatic heterocycles. The number of fused-ring (bicyclic) bond motifs is 1. The Hall–Kier alpha value is -1.07. The van der Waals surface area contributed by atoms with Crippen molar-refractivity contribution in [3.05, 3.63) is 22.7 Å². The zero-order chi connectivity index (χ0) is 12.6. The summed E-state index contributed by atoms with van der Waals surface area (Å²) in [6.07, 6.45) is 0. The molecule has 2 rings (SSSR count). The SMILES string of the molecule is COC(C)(C)Cn1c(N)nc2ccc(Br)cc21. The molecule has 0 saturated carbocycles. The monoisotopic (exact) mass is 297 g/mol. The number of nitrogen functional groups attached to an aromatic ring is 1. The quantitative estimate of drug-likeness (QED) is 0.948. The van der Waals surface area contributed by atoms with Crippen LogP contribution in [0.25, 0.3) is 11.0 Å². The average molecular weight is 298 g/mol. The molecule has 0 aliphatic rings. The van der Waals surface area contributed by atoms with Crippen LogP contribution in [-0.2, 0) is 11.3 Å². The van der Waals surface area contributed by atoms with Crippen LogP contribution in [0.1, 0.15) is 13.8 Å². The van der Waals surface area contributed by atoms with Gasteiger partial charge in [0.25, 0.3) is 0 Å². The van der Waals surface area contributed by atoms with Crippen LogP contribution in [0.5, 0.6) is 0 Å². The standard InChI is InChI=1S/C12H16BrN3O/c1-12(2,17-3)7-16-10-6-8(13)4-5-9(10)15-11(16)14/h4-6H,7H2,1-3H3,(H2,14,15). The summed E-state index contributed by atoms with van der Waals surface area (Å²) in [4.78, 5) is 4.34. The van der Waals surface area contributed by atoms with Crippen LogP contribution in [0.2, 0.25) is 0 Å². The molecule has 0 aliphatic carbocycles. The Morgan fingerprint density at radius 3 is 2.82 bits per heavy atom. The molecular formula is C12H16BrN3O. The van der Waals surface area contributed by atoms with E-state index in [-0.39, 0.29) is 5.60 Å². The Kier molecular flexibility index (Phi) is 3.14. The maximum Gasteiger partial charge on any atom is 0.201 e. The Balaban J connectivity index is 2.52. The van der Waals surface area contributed by atoms with Gasteiger partial charge in [0.15, 0.2) is 0 Å². The number of ether oxygens (including phenoxy) is 1. The van der Waals surface area contributed by atoms with Gasteiger partial charge in [-0.05, 0) is 32.0 Å². The van der Waals surface area contributed by atoms with Gasteiger partial charge in [0.05, 0.1) is 23.2 Å². The highest BCUT2D eigenvalue weighted by molar-refractivity contribution is 9.10. The molecule has 0 amide bonds. The first-order valence-corrected chi connectivity index (χ1v) is 6.19. The summed E-state index contributed by atoms with van der Waals surface area (Å²) in [5.74, 6) is 0.517. The minimum Gasteiger partial charge on any atom is -0.377 e. The first-order chi connectivity index (χ1) is 7.93. The number of benzene rings is 1. The summed E-state index contributed by atoms with van der Waals surface area (Å²) in [6.45, 7) is 4.72. The molecular weight excluding hydrogens is 282 g/mol. The second-order valence-corrected chi connectivity index (χ2v) is 5.57. The maximum absolute atomic E-state index is 5.95. The third-order valence-electron chi connectivity index (χ3n) is 2.83. The summed E-state index contributed by atoms with van der Waals surface area (Å²) in [7, 11) is 1.70. The van der Waals surface area contributed by atoms with Crippen molar-refractivity contribution in [2.45, 2.75) is 26.0 Å². The van der Waals surface area contributed by atoms with E-state index in [0.717, 1.165) is 15.5 Å². The van der Waals surface area contributed by atoms with Crippen LogP contribution in [-0.4, -0.2) is 22.3 Å². The van der Waals surface area contributed by atoms with E-state index in [0.29, 0.717) is 12.5 Å². The van der Waals surface area contributed by atoms with E-state index in [2.05, 4.69) is 20.9 Å². The number of nitrogens with zero attached hydrogens (tertiary/aromatic N) is 2. The second-order valence-electron chi connectivity index (χ2n) is 4.65. The highest BCUT2D eigenvalue weighted by atomic mass is 79.9. The van der Waals surface area contributed by atoms with Gasteiger partial charge >= 0.3 is 0 Å². The Morgan fingerprint density at radius 2 is 2.18 bits per heavy atom. The van der Waals surface area contributed by atoms with Gasteiger partial charge in [-0.25, -0.2) is 4.98 Å². The topological polar surface area (TPSA) is 53.1 Å². The van der Waals surface area contributed by atoms with E-state index in [1.165, 1.54) is 0 Å². The minimum absolute atomic E-state index is 0.274. The molecule has 1 aromatic carbocycles. The lowest BCUT2D eigenvalue weighted by molar-refractivity contribution is 0.00947. The van der Waals surface area contributed by atoms with Gasteiger partial charge < -0.3 is 15.0 Å². The predicted molar refractivity (Wildman–Crippen MR) is 72.9 cm³/mol. The highest BCUT2D eigenvalue weighted by Gasteiger charge is 2.20. The van der Waals surface area contributed by atoms with Crippen LogP contribution in [0, 0.1) is 0 Å². The van der Waals surface area contributed by atoms with E-state index < -0.39 is 0 Å². The number of anilines is 1. The first kappa shape index (κ1) is 12.4. The van der Waals surface area contributed by atoms with Gasteiger partial charge in [0.2, 0.25) is 5.95 Å². The molecule has 0 spiro atoms. The molecule has 17 heavy (non-hydrogen) atoms. The van der Waals surface area contributed by atoms with E-state index in [9.17, 15) is 0 Å². The maximum atomic E-state index is 5.95. The Morgan fingerprint density at radius 1 is 1.47 bits per heavy atom. The molecule has 1 heterocycles. The normalized spacial score (nSPS) is 12.2. The molecule has 0 unspecified atom stereocenters. The molecule has 0 aliphatic heterocycles. The zero-order valence-corrected chi connectivity index (χ0v) is 11.8. The number of methoxy groups -OCH3 is 1. The lowest BCUT2D eigenvalue weighted by Crippen LogP contribution is -2.29. The van der Waals surface area contributed by atoms with Crippen molar-refractivity contribution in [1.82, 2.24) is 9.55 Å². The van der Waals surface area contributed by atoms with Crippen LogP contribution in [0.15, 0.2) is 22.7 Å². The van der Waals surface area contributed by atoms with Crippen molar-refractivity contribution in [1.29, 1.82) is 0 Å². The lowest BCUT2D eigenvalue weighted by atomic mass is 10.1. The van der Waals surface area contributed by atoms with Crippen molar-refractivity contribution < 1.29 is 4.74 Å². The summed E-state index contributed by atoms with van der Waals surface area (Å²) < 4.78 is 8.42. The Bertz CT molecular complexity index is 548. The number of aromatic nitrogens is 2. The third kappa shape index (κ3) is 2.45. The number of hydrogen-bond donors (Lipinski definition) is 1. The minimum atomic E-state index is -0.274. The molecule has 0 radical (unpaired) electrons. The average Bonchev–Trinajstić information content (AvgIpc) is 2.56. The number of rotatable bonds is 3. The third-order valence-corrected chi connectivity index (χ3v) is 3.32. The van der Waals surface area contributed by atoms with Crippen molar-refractivity contribution in [2.24, 2.45) is 0 Å². The molecule has 2 aromatic rings. The van der Waals surface area contributed by atoms with Crippen LogP contribution in [0.3, 0.4) is 0 Å². The van der Waals surface area contributed by atoms with Crippen molar-refractivity contribution in [3.8, 4) is 0 Å². The first-order valence-electron chi connectivity index (χ1n) is 5.39. The molecule has 0 fully saturated rings. The van der Waals surface area contributed by atoms with E-state index >= 15 is 0 Å². The van der Waals surface area contributed by atoms with Crippen LogP contribution < -0.4 is 5.73 Å². The van der Waals surface area contributed by atoms with Crippen LogP contribution >= 0.6 is 15.9 Å².